The van der Waals surface area contributed by atoms with Crippen molar-refractivity contribution in [2.75, 3.05) is 13.1 Å². The Bertz CT molecular complexity index is 396. The molecule has 0 N–H and O–H groups in total. The standard InChI is InChI=1S/C16H21NO/c18-16-14-8-4-5-9-15(16)12-17(11-14)10-13-6-2-1-3-7-13/h1-3,6-7,14-15H,4-5,8-12H2/t14-,15-/m1/s1. The van der Waals surface area contributed by atoms with Crippen LogP contribution in [-0.2, 0) is 11.3 Å². The predicted octanol–water partition coefficient (Wildman–Crippen LogP) is 2.88. The van der Waals surface area contributed by atoms with Crippen molar-refractivity contribution in [1.29, 1.82) is 0 Å². The molecule has 2 bridgehead atoms. The molecule has 2 aliphatic rings. The summed E-state index contributed by atoms with van der Waals surface area (Å²) in [4.78, 5) is 14.7. The summed E-state index contributed by atoms with van der Waals surface area (Å²) in [5.41, 5.74) is 1.36. The van der Waals surface area contributed by atoms with Crippen LogP contribution >= 0.6 is 0 Å². The summed E-state index contributed by atoms with van der Waals surface area (Å²) < 4.78 is 0. The Morgan fingerprint density at radius 3 is 2.22 bits per heavy atom. The SMILES string of the molecule is O=C1[C@@H]2CCCC[C@@H]1CN(Cc1ccccc1)C2. The molecule has 18 heavy (non-hydrogen) atoms. The molecule has 0 radical (unpaired) electrons. The van der Waals surface area contributed by atoms with E-state index < -0.39 is 0 Å². The van der Waals surface area contributed by atoms with E-state index in [4.69, 9.17) is 0 Å². The molecule has 2 fully saturated rings. The minimum Gasteiger partial charge on any atom is -0.299 e. The highest BCUT2D eigenvalue weighted by atomic mass is 16.1. The van der Waals surface area contributed by atoms with Gasteiger partial charge < -0.3 is 0 Å². The summed E-state index contributed by atoms with van der Waals surface area (Å²) in [7, 11) is 0. The number of hydrogen-bond acceptors (Lipinski definition) is 2. The van der Waals surface area contributed by atoms with E-state index in [2.05, 4.69) is 35.2 Å². The van der Waals surface area contributed by atoms with Gasteiger partial charge in [0.15, 0.2) is 0 Å². The monoisotopic (exact) mass is 243 g/mol. The van der Waals surface area contributed by atoms with Gasteiger partial charge in [-0.1, -0.05) is 43.2 Å². The molecular formula is C16H21NO. The van der Waals surface area contributed by atoms with Crippen LogP contribution in [0.3, 0.4) is 0 Å². The van der Waals surface area contributed by atoms with E-state index in [-0.39, 0.29) is 0 Å². The van der Waals surface area contributed by atoms with Gasteiger partial charge in [0.2, 0.25) is 0 Å². The minimum absolute atomic E-state index is 0.315. The van der Waals surface area contributed by atoms with Gasteiger partial charge in [0.05, 0.1) is 0 Å². The van der Waals surface area contributed by atoms with Crippen LogP contribution in [0.2, 0.25) is 0 Å². The number of hydrogen-bond donors (Lipinski definition) is 0. The fourth-order valence-electron chi connectivity index (χ4n) is 3.43. The van der Waals surface area contributed by atoms with Gasteiger partial charge in [0.1, 0.15) is 5.78 Å². The molecule has 0 aromatic heterocycles. The van der Waals surface area contributed by atoms with E-state index in [1.807, 2.05) is 0 Å². The zero-order valence-corrected chi connectivity index (χ0v) is 10.8. The van der Waals surface area contributed by atoms with Gasteiger partial charge in [-0.2, -0.15) is 0 Å². The largest absolute Gasteiger partial charge is 0.299 e. The molecule has 1 heterocycles. The lowest BCUT2D eigenvalue weighted by Crippen LogP contribution is -2.45. The van der Waals surface area contributed by atoms with Crippen molar-refractivity contribution in [2.24, 2.45) is 11.8 Å². The number of piperidine rings is 1. The van der Waals surface area contributed by atoms with Crippen molar-refractivity contribution >= 4 is 5.78 Å². The summed E-state index contributed by atoms with van der Waals surface area (Å²) in [6.07, 6.45) is 4.71. The lowest BCUT2D eigenvalue weighted by molar-refractivity contribution is -0.131. The Morgan fingerprint density at radius 1 is 1.00 bits per heavy atom. The number of ketones is 1. The molecule has 2 nitrogen and oxygen atoms in total. The molecule has 1 aromatic carbocycles. The summed E-state index contributed by atoms with van der Waals surface area (Å²) in [5.74, 6) is 1.18. The second kappa shape index (κ2) is 5.23. The molecule has 0 spiro atoms. The van der Waals surface area contributed by atoms with Crippen LogP contribution in [0.25, 0.3) is 0 Å². The number of fused-ring (bicyclic) bond motifs is 2. The summed E-state index contributed by atoms with van der Waals surface area (Å²) >= 11 is 0. The highest BCUT2D eigenvalue weighted by Gasteiger charge is 2.36. The van der Waals surface area contributed by atoms with Crippen LogP contribution in [0.5, 0.6) is 0 Å². The summed E-state index contributed by atoms with van der Waals surface area (Å²) in [5, 5.41) is 0. The van der Waals surface area contributed by atoms with Crippen LogP contribution < -0.4 is 0 Å². The maximum atomic E-state index is 12.2. The van der Waals surface area contributed by atoms with Crippen LogP contribution in [-0.4, -0.2) is 23.8 Å². The van der Waals surface area contributed by atoms with Crippen molar-refractivity contribution in [3.8, 4) is 0 Å². The number of nitrogens with zero attached hydrogens (tertiary/aromatic N) is 1. The first-order valence-electron chi connectivity index (χ1n) is 7.13. The zero-order valence-electron chi connectivity index (χ0n) is 10.8. The normalized spacial score (nSPS) is 29.0. The van der Waals surface area contributed by atoms with Gasteiger partial charge in [-0.25, -0.2) is 0 Å². The van der Waals surface area contributed by atoms with Crippen molar-refractivity contribution in [3.63, 3.8) is 0 Å². The van der Waals surface area contributed by atoms with Gasteiger partial charge in [0, 0.05) is 31.5 Å². The van der Waals surface area contributed by atoms with E-state index in [9.17, 15) is 4.79 Å². The molecular weight excluding hydrogens is 222 g/mol. The average Bonchev–Trinajstić information content (AvgIpc) is 2.50. The molecule has 1 saturated heterocycles. The fraction of sp³-hybridized carbons (Fsp3) is 0.562. The minimum atomic E-state index is 0.315. The van der Waals surface area contributed by atoms with Crippen molar-refractivity contribution < 1.29 is 4.79 Å². The Balaban J connectivity index is 1.70. The average molecular weight is 243 g/mol. The quantitative estimate of drug-likeness (QED) is 0.796. The first-order valence-corrected chi connectivity index (χ1v) is 7.13. The van der Waals surface area contributed by atoms with Gasteiger partial charge >= 0.3 is 0 Å². The second-order valence-corrected chi connectivity index (χ2v) is 5.76. The Kier molecular flexibility index (Phi) is 3.46. The number of Topliss-reactive ketones (excluding diaryl/α,β-unsaturated/α-hetero) is 1. The van der Waals surface area contributed by atoms with Crippen molar-refractivity contribution in [3.05, 3.63) is 35.9 Å². The highest BCUT2D eigenvalue weighted by Crippen LogP contribution is 2.30. The van der Waals surface area contributed by atoms with E-state index in [0.29, 0.717) is 17.6 Å². The van der Waals surface area contributed by atoms with Gasteiger partial charge in [0.25, 0.3) is 0 Å². The van der Waals surface area contributed by atoms with Gasteiger partial charge in [-0.3, -0.25) is 9.69 Å². The number of carbonyl (C=O) groups excluding carboxylic acids is 1. The molecule has 3 rings (SSSR count). The third kappa shape index (κ3) is 2.49. The maximum absolute atomic E-state index is 12.2. The highest BCUT2D eigenvalue weighted by molar-refractivity contribution is 5.84. The Hall–Kier alpha value is -1.15. The lowest BCUT2D eigenvalue weighted by Gasteiger charge is -2.35. The van der Waals surface area contributed by atoms with E-state index in [0.717, 1.165) is 32.5 Å². The van der Waals surface area contributed by atoms with Gasteiger partial charge in [-0.05, 0) is 18.4 Å². The molecule has 1 aromatic rings. The van der Waals surface area contributed by atoms with Crippen LogP contribution in [0.1, 0.15) is 31.2 Å². The lowest BCUT2D eigenvalue weighted by atomic mass is 9.86. The van der Waals surface area contributed by atoms with Crippen LogP contribution in [0, 0.1) is 11.8 Å². The van der Waals surface area contributed by atoms with Crippen molar-refractivity contribution in [2.45, 2.75) is 32.2 Å². The molecule has 2 heteroatoms. The van der Waals surface area contributed by atoms with E-state index >= 15 is 0 Å². The Labute approximate surface area is 109 Å². The third-order valence-electron chi connectivity index (χ3n) is 4.37. The van der Waals surface area contributed by atoms with Crippen LogP contribution in [0.4, 0.5) is 0 Å². The zero-order chi connectivity index (χ0) is 12.4. The molecule has 0 amide bonds. The van der Waals surface area contributed by atoms with E-state index in [1.165, 1.54) is 18.4 Å². The third-order valence-corrected chi connectivity index (χ3v) is 4.37. The summed E-state index contributed by atoms with van der Waals surface area (Å²) in [6.45, 7) is 2.95. The van der Waals surface area contributed by atoms with Crippen LogP contribution in [0.15, 0.2) is 30.3 Å². The molecule has 0 unspecified atom stereocenters. The van der Waals surface area contributed by atoms with E-state index in [1.54, 1.807) is 0 Å². The first kappa shape index (κ1) is 11.9. The Morgan fingerprint density at radius 2 is 1.61 bits per heavy atom. The first-order chi connectivity index (χ1) is 8.83. The van der Waals surface area contributed by atoms with Gasteiger partial charge in [-0.15, -0.1) is 0 Å². The topological polar surface area (TPSA) is 20.3 Å². The summed E-state index contributed by atoms with van der Waals surface area (Å²) in [6, 6.07) is 10.6. The molecule has 1 saturated carbocycles. The molecule has 96 valence electrons. The molecule has 1 aliphatic heterocycles. The molecule has 2 atom stereocenters. The number of carbonyl (C=O) groups is 1. The maximum Gasteiger partial charge on any atom is 0.141 e. The number of benzene rings is 1. The second-order valence-electron chi connectivity index (χ2n) is 5.76. The molecule has 1 aliphatic carbocycles. The fourth-order valence-corrected chi connectivity index (χ4v) is 3.43. The smallest absolute Gasteiger partial charge is 0.141 e. The number of likely N-dealkylation sites (tertiary alicyclic amines) is 1. The van der Waals surface area contributed by atoms with Crippen molar-refractivity contribution in [1.82, 2.24) is 4.90 Å². The predicted molar refractivity (Wildman–Crippen MR) is 72.2 cm³/mol. The number of rotatable bonds is 2.